The maximum atomic E-state index is 12.3. The number of benzene rings is 1. The van der Waals surface area contributed by atoms with Gasteiger partial charge in [0.2, 0.25) is 0 Å². The van der Waals surface area contributed by atoms with E-state index in [4.69, 9.17) is 11.6 Å². The van der Waals surface area contributed by atoms with Gasteiger partial charge >= 0.3 is 0 Å². The summed E-state index contributed by atoms with van der Waals surface area (Å²) in [6.07, 6.45) is 7.17. The van der Waals surface area contributed by atoms with Crippen LogP contribution < -0.4 is 0 Å². The van der Waals surface area contributed by atoms with E-state index in [9.17, 15) is 4.79 Å². The van der Waals surface area contributed by atoms with Gasteiger partial charge in [-0.15, -0.1) is 0 Å². The minimum Gasteiger partial charge on any atom is -0.300 e. The highest BCUT2D eigenvalue weighted by molar-refractivity contribution is 6.33. The van der Waals surface area contributed by atoms with Gasteiger partial charge in [-0.05, 0) is 31.5 Å². The summed E-state index contributed by atoms with van der Waals surface area (Å²) in [4.78, 5) is 14.7. The van der Waals surface area contributed by atoms with E-state index in [1.54, 1.807) is 6.07 Å². The van der Waals surface area contributed by atoms with Gasteiger partial charge in [-0.25, -0.2) is 0 Å². The van der Waals surface area contributed by atoms with Crippen LogP contribution in [0.25, 0.3) is 0 Å². The Kier molecular flexibility index (Phi) is 6.06. The monoisotopic (exact) mass is 293 g/mol. The summed E-state index contributed by atoms with van der Waals surface area (Å²) in [5.74, 6) is 0.157. The summed E-state index contributed by atoms with van der Waals surface area (Å²) in [5.41, 5.74) is 0.661. The summed E-state index contributed by atoms with van der Waals surface area (Å²) in [7, 11) is 0. The molecular weight excluding hydrogens is 270 g/mol. The predicted molar refractivity (Wildman–Crippen MR) is 84.5 cm³/mol. The molecule has 1 fully saturated rings. The molecule has 1 aromatic carbocycles. The Morgan fingerprint density at radius 3 is 2.60 bits per heavy atom. The lowest BCUT2D eigenvalue weighted by atomic mass is 9.94. The van der Waals surface area contributed by atoms with Crippen LogP contribution in [0.5, 0.6) is 0 Å². The molecule has 0 aliphatic heterocycles. The van der Waals surface area contributed by atoms with Crippen molar-refractivity contribution in [1.82, 2.24) is 4.90 Å². The summed E-state index contributed by atoms with van der Waals surface area (Å²) in [5, 5.41) is 0.568. The zero-order valence-electron chi connectivity index (χ0n) is 12.3. The number of carbonyl (C=O) groups is 1. The molecule has 0 heterocycles. The molecule has 0 radical (unpaired) electrons. The number of carbonyl (C=O) groups excluding carboxylic acids is 1. The fourth-order valence-corrected chi connectivity index (χ4v) is 3.35. The Labute approximate surface area is 127 Å². The van der Waals surface area contributed by atoms with Gasteiger partial charge in [0.15, 0.2) is 5.78 Å². The van der Waals surface area contributed by atoms with Crippen molar-refractivity contribution in [3.63, 3.8) is 0 Å². The van der Waals surface area contributed by atoms with Crippen molar-refractivity contribution in [2.45, 2.75) is 51.5 Å². The lowest BCUT2D eigenvalue weighted by Gasteiger charge is -2.33. The van der Waals surface area contributed by atoms with Gasteiger partial charge in [-0.1, -0.05) is 49.9 Å². The summed E-state index contributed by atoms with van der Waals surface area (Å²) in [6, 6.07) is 8.01. The molecule has 2 nitrogen and oxygen atoms in total. The van der Waals surface area contributed by atoms with Gasteiger partial charge in [-0.2, -0.15) is 0 Å². The minimum atomic E-state index is 0.157. The normalized spacial score (nSPS) is 16.6. The first kappa shape index (κ1) is 15.5. The molecule has 1 aliphatic rings. The molecule has 110 valence electrons. The van der Waals surface area contributed by atoms with Crippen molar-refractivity contribution in [2.24, 2.45) is 0 Å². The lowest BCUT2D eigenvalue weighted by Crippen LogP contribution is -2.38. The largest absolute Gasteiger partial charge is 0.300 e. The zero-order chi connectivity index (χ0) is 14.4. The molecule has 0 amide bonds. The predicted octanol–water partition coefficient (Wildman–Crippen LogP) is 4.57. The molecule has 0 atom stereocenters. The van der Waals surface area contributed by atoms with Gasteiger partial charge in [0.1, 0.15) is 0 Å². The first-order chi connectivity index (χ1) is 9.72. The number of rotatable bonds is 6. The number of ketones is 1. The average Bonchev–Trinajstić information content (AvgIpc) is 2.49. The molecule has 3 heteroatoms. The Bertz CT molecular complexity index is 440. The second kappa shape index (κ2) is 7.80. The Morgan fingerprint density at radius 1 is 1.25 bits per heavy atom. The molecule has 0 saturated heterocycles. The average molecular weight is 294 g/mol. The molecule has 0 spiro atoms. The highest BCUT2D eigenvalue weighted by atomic mass is 35.5. The van der Waals surface area contributed by atoms with Crippen molar-refractivity contribution in [3.8, 4) is 0 Å². The quantitative estimate of drug-likeness (QED) is 0.716. The second-order valence-corrected chi connectivity index (χ2v) is 5.98. The zero-order valence-corrected chi connectivity index (χ0v) is 13.0. The number of Topliss-reactive ketones (excluding diaryl/α,β-unsaturated/α-hetero) is 1. The second-order valence-electron chi connectivity index (χ2n) is 5.57. The summed E-state index contributed by atoms with van der Waals surface area (Å²) in [6.45, 7) is 4.07. The van der Waals surface area contributed by atoms with E-state index in [0.29, 0.717) is 23.0 Å². The van der Waals surface area contributed by atoms with E-state index < -0.39 is 0 Å². The van der Waals surface area contributed by atoms with Crippen LogP contribution in [0.15, 0.2) is 24.3 Å². The van der Waals surface area contributed by atoms with E-state index in [2.05, 4.69) is 11.8 Å². The topological polar surface area (TPSA) is 20.3 Å². The Morgan fingerprint density at radius 2 is 1.95 bits per heavy atom. The molecule has 0 unspecified atom stereocenters. The maximum Gasteiger partial charge on any atom is 0.165 e. The molecule has 0 aromatic heterocycles. The number of nitrogens with zero attached hydrogens (tertiary/aromatic N) is 1. The third-order valence-corrected chi connectivity index (χ3v) is 4.63. The first-order valence-electron chi connectivity index (χ1n) is 7.74. The molecular formula is C17H24ClNO. The van der Waals surface area contributed by atoms with Crippen LogP contribution in [0.3, 0.4) is 0 Å². The number of hydrogen-bond donors (Lipinski definition) is 0. The van der Waals surface area contributed by atoms with Crippen molar-refractivity contribution in [3.05, 3.63) is 34.9 Å². The molecule has 1 aliphatic carbocycles. The number of hydrogen-bond acceptors (Lipinski definition) is 2. The Hall–Kier alpha value is -0.860. The highest BCUT2D eigenvalue weighted by Gasteiger charge is 2.20. The highest BCUT2D eigenvalue weighted by Crippen LogP contribution is 2.23. The Balaban J connectivity index is 1.89. The number of halogens is 1. The molecule has 0 N–H and O–H groups in total. The van der Waals surface area contributed by atoms with E-state index in [1.807, 2.05) is 18.2 Å². The SMILES string of the molecule is CCN(CCC(=O)c1ccccc1Cl)C1CCCCC1. The van der Waals surface area contributed by atoms with Gasteiger partial charge < -0.3 is 4.90 Å². The van der Waals surface area contributed by atoms with E-state index in [0.717, 1.165) is 13.1 Å². The van der Waals surface area contributed by atoms with Crippen LogP contribution >= 0.6 is 11.6 Å². The molecule has 1 saturated carbocycles. The molecule has 1 aromatic rings. The molecule has 2 rings (SSSR count). The minimum absolute atomic E-state index is 0.157. The fraction of sp³-hybridized carbons (Fsp3) is 0.588. The molecule has 0 bridgehead atoms. The van der Waals surface area contributed by atoms with Gasteiger partial charge in [0.25, 0.3) is 0 Å². The van der Waals surface area contributed by atoms with Crippen molar-refractivity contribution in [2.75, 3.05) is 13.1 Å². The third kappa shape index (κ3) is 4.07. The van der Waals surface area contributed by atoms with Crippen LogP contribution in [0.2, 0.25) is 5.02 Å². The van der Waals surface area contributed by atoms with Crippen LogP contribution in [0, 0.1) is 0 Å². The third-order valence-electron chi connectivity index (χ3n) is 4.30. The van der Waals surface area contributed by atoms with Gasteiger partial charge in [0.05, 0.1) is 5.02 Å². The van der Waals surface area contributed by atoms with Crippen LogP contribution in [-0.4, -0.2) is 29.8 Å². The standard InChI is InChI=1S/C17H24ClNO/c1-2-19(14-8-4-3-5-9-14)13-12-17(20)15-10-6-7-11-16(15)18/h6-7,10-11,14H,2-5,8-9,12-13H2,1H3. The van der Waals surface area contributed by atoms with Gasteiger partial charge in [-0.3, -0.25) is 4.79 Å². The lowest BCUT2D eigenvalue weighted by molar-refractivity contribution is 0.0939. The summed E-state index contributed by atoms with van der Waals surface area (Å²) < 4.78 is 0. The van der Waals surface area contributed by atoms with Crippen LogP contribution in [-0.2, 0) is 0 Å². The summed E-state index contributed by atoms with van der Waals surface area (Å²) >= 11 is 6.08. The van der Waals surface area contributed by atoms with E-state index >= 15 is 0 Å². The smallest absolute Gasteiger partial charge is 0.165 e. The van der Waals surface area contributed by atoms with Crippen LogP contribution in [0.1, 0.15) is 55.8 Å². The van der Waals surface area contributed by atoms with Crippen molar-refractivity contribution < 1.29 is 4.79 Å². The van der Waals surface area contributed by atoms with Crippen molar-refractivity contribution in [1.29, 1.82) is 0 Å². The van der Waals surface area contributed by atoms with E-state index in [1.165, 1.54) is 32.1 Å². The van der Waals surface area contributed by atoms with Crippen molar-refractivity contribution >= 4 is 17.4 Å². The van der Waals surface area contributed by atoms with Crippen LogP contribution in [0.4, 0.5) is 0 Å². The first-order valence-corrected chi connectivity index (χ1v) is 8.12. The maximum absolute atomic E-state index is 12.3. The van der Waals surface area contributed by atoms with E-state index in [-0.39, 0.29) is 5.78 Å². The molecule has 20 heavy (non-hydrogen) atoms. The van der Waals surface area contributed by atoms with Gasteiger partial charge in [0, 0.05) is 24.6 Å². The fourth-order valence-electron chi connectivity index (χ4n) is 3.11.